The number of nitrogens with one attached hydrogen (secondary N) is 1. The number of carbonyl (C=O) groups is 1. The van der Waals surface area contributed by atoms with Crippen molar-refractivity contribution in [2.24, 2.45) is 0 Å². The Balaban J connectivity index is 1.81. The minimum absolute atomic E-state index is 0.0900. The van der Waals surface area contributed by atoms with E-state index in [1.165, 1.54) is 12.1 Å². The standard InChI is InChI=1S/C14H19NO4S/c16-13(15-11-14(17)8-4-9-14)7-10-20(18,19)12-5-2-1-3-6-12/h1-3,5-6,17H,4,7-11H2,(H,15,16). The molecule has 0 bridgehead atoms. The summed E-state index contributed by atoms with van der Waals surface area (Å²) in [6, 6.07) is 8.08. The van der Waals surface area contributed by atoms with Crippen LogP contribution in [0, 0.1) is 0 Å². The van der Waals surface area contributed by atoms with Crippen molar-refractivity contribution in [1.29, 1.82) is 0 Å². The predicted octanol–water partition coefficient (Wildman–Crippen LogP) is 0.882. The van der Waals surface area contributed by atoms with Crippen LogP contribution in [0.5, 0.6) is 0 Å². The molecule has 1 saturated carbocycles. The largest absolute Gasteiger partial charge is 0.388 e. The maximum absolute atomic E-state index is 12.0. The van der Waals surface area contributed by atoms with Gasteiger partial charge in [0.1, 0.15) is 0 Å². The van der Waals surface area contributed by atoms with E-state index >= 15 is 0 Å². The third kappa shape index (κ3) is 3.80. The third-order valence-electron chi connectivity index (χ3n) is 3.60. The van der Waals surface area contributed by atoms with Gasteiger partial charge in [0.15, 0.2) is 9.84 Å². The van der Waals surface area contributed by atoms with Crippen LogP contribution in [-0.4, -0.2) is 37.3 Å². The second-order valence-corrected chi connectivity index (χ2v) is 7.35. The monoisotopic (exact) mass is 297 g/mol. The van der Waals surface area contributed by atoms with E-state index in [0.717, 1.165) is 6.42 Å². The summed E-state index contributed by atoms with van der Waals surface area (Å²) in [6.45, 7) is 0.206. The van der Waals surface area contributed by atoms with Crippen molar-refractivity contribution in [1.82, 2.24) is 5.32 Å². The minimum Gasteiger partial charge on any atom is -0.388 e. The van der Waals surface area contributed by atoms with Crippen LogP contribution in [0.2, 0.25) is 0 Å². The summed E-state index contributed by atoms with van der Waals surface area (Å²) in [5.41, 5.74) is -0.784. The van der Waals surface area contributed by atoms with E-state index in [1.807, 2.05) is 0 Å². The maximum atomic E-state index is 12.0. The molecule has 0 spiro atoms. The molecular formula is C14H19NO4S. The van der Waals surface area contributed by atoms with Crippen LogP contribution < -0.4 is 5.32 Å². The number of aliphatic hydroxyl groups is 1. The van der Waals surface area contributed by atoms with Gasteiger partial charge in [-0.1, -0.05) is 18.2 Å². The van der Waals surface area contributed by atoms with Gasteiger partial charge in [0.05, 0.1) is 16.2 Å². The first-order valence-electron chi connectivity index (χ1n) is 6.68. The van der Waals surface area contributed by atoms with Gasteiger partial charge in [-0.15, -0.1) is 0 Å². The van der Waals surface area contributed by atoms with E-state index in [1.54, 1.807) is 18.2 Å². The second kappa shape index (κ2) is 5.93. The average molecular weight is 297 g/mol. The van der Waals surface area contributed by atoms with Gasteiger partial charge in [-0.3, -0.25) is 4.79 Å². The molecule has 0 atom stereocenters. The molecule has 110 valence electrons. The van der Waals surface area contributed by atoms with Gasteiger partial charge in [-0.25, -0.2) is 8.42 Å². The highest BCUT2D eigenvalue weighted by Crippen LogP contribution is 2.30. The van der Waals surface area contributed by atoms with Gasteiger partial charge in [0, 0.05) is 13.0 Å². The van der Waals surface area contributed by atoms with Gasteiger partial charge in [-0.2, -0.15) is 0 Å². The number of hydrogen-bond donors (Lipinski definition) is 2. The van der Waals surface area contributed by atoms with Crippen LogP contribution in [0.25, 0.3) is 0 Å². The Labute approximate surface area is 118 Å². The SMILES string of the molecule is O=C(CCS(=O)(=O)c1ccccc1)NCC1(O)CCC1. The Hall–Kier alpha value is -1.40. The highest BCUT2D eigenvalue weighted by molar-refractivity contribution is 7.91. The highest BCUT2D eigenvalue weighted by atomic mass is 32.2. The molecule has 6 heteroatoms. The summed E-state index contributed by atoms with van der Waals surface area (Å²) < 4.78 is 24.0. The van der Waals surface area contributed by atoms with Crippen molar-refractivity contribution in [2.45, 2.75) is 36.2 Å². The fraction of sp³-hybridized carbons (Fsp3) is 0.500. The lowest BCUT2D eigenvalue weighted by Crippen LogP contribution is -2.47. The first-order valence-corrected chi connectivity index (χ1v) is 8.33. The number of hydrogen-bond acceptors (Lipinski definition) is 4. The predicted molar refractivity (Wildman–Crippen MR) is 74.9 cm³/mol. The summed E-state index contributed by atoms with van der Waals surface area (Å²) in [5, 5.41) is 12.4. The molecule has 2 N–H and O–H groups in total. The van der Waals surface area contributed by atoms with Crippen LogP contribution in [-0.2, 0) is 14.6 Å². The minimum atomic E-state index is -3.42. The van der Waals surface area contributed by atoms with Crippen molar-refractivity contribution in [3.63, 3.8) is 0 Å². The Morgan fingerprint density at radius 1 is 1.25 bits per heavy atom. The first kappa shape index (κ1) is 15.0. The van der Waals surface area contributed by atoms with E-state index in [4.69, 9.17) is 0 Å². The van der Waals surface area contributed by atoms with Crippen LogP contribution >= 0.6 is 0 Å². The molecule has 0 heterocycles. The van der Waals surface area contributed by atoms with Gasteiger partial charge in [0.2, 0.25) is 5.91 Å². The van der Waals surface area contributed by atoms with Crippen LogP contribution in [0.15, 0.2) is 35.2 Å². The van der Waals surface area contributed by atoms with Gasteiger partial charge in [-0.05, 0) is 31.4 Å². The van der Waals surface area contributed by atoms with Gasteiger partial charge < -0.3 is 10.4 Å². The van der Waals surface area contributed by atoms with Crippen LogP contribution in [0.1, 0.15) is 25.7 Å². The topological polar surface area (TPSA) is 83.5 Å². The van der Waals surface area contributed by atoms with Crippen molar-refractivity contribution in [3.05, 3.63) is 30.3 Å². The lowest BCUT2D eigenvalue weighted by Gasteiger charge is -2.36. The molecular weight excluding hydrogens is 278 g/mol. The molecule has 20 heavy (non-hydrogen) atoms. The summed E-state index contributed by atoms with van der Waals surface area (Å²) in [5.74, 6) is -0.564. The molecule has 0 saturated heterocycles. The molecule has 1 fully saturated rings. The molecule has 2 rings (SSSR count). The number of rotatable bonds is 6. The van der Waals surface area contributed by atoms with Crippen LogP contribution in [0.4, 0.5) is 0 Å². The lowest BCUT2D eigenvalue weighted by molar-refractivity contribution is -0.123. The number of carbonyl (C=O) groups excluding carboxylic acids is 1. The summed E-state index contributed by atoms with van der Waals surface area (Å²) in [7, 11) is -3.42. The van der Waals surface area contributed by atoms with Gasteiger partial charge >= 0.3 is 0 Å². The zero-order valence-electron chi connectivity index (χ0n) is 11.2. The van der Waals surface area contributed by atoms with E-state index in [-0.39, 0.29) is 29.5 Å². The molecule has 5 nitrogen and oxygen atoms in total. The number of sulfone groups is 1. The molecule has 1 aliphatic rings. The molecule has 1 aromatic rings. The zero-order valence-corrected chi connectivity index (χ0v) is 12.0. The molecule has 0 unspecified atom stereocenters. The lowest BCUT2D eigenvalue weighted by atomic mass is 9.80. The molecule has 1 aromatic carbocycles. The van der Waals surface area contributed by atoms with E-state index in [9.17, 15) is 18.3 Å². The maximum Gasteiger partial charge on any atom is 0.221 e. The molecule has 1 amide bonds. The molecule has 0 aliphatic heterocycles. The van der Waals surface area contributed by atoms with Gasteiger partial charge in [0.25, 0.3) is 0 Å². The normalized spacial score (nSPS) is 17.2. The van der Waals surface area contributed by atoms with Crippen molar-refractivity contribution in [2.75, 3.05) is 12.3 Å². The third-order valence-corrected chi connectivity index (χ3v) is 5.33. The summed E-state index contributed by atoms with van der Waals surface area (Å²) >= 11 is 0. The average Bonchev–Trinajstić information content (AvgIpc) is 2.42. The Morgan fingerprint density at radius 3 is 2.45 bits per heavy atom. The Kier molecular flexibility index (Phi) is 4.45. The Bertz CT molecular complexity index is 564. The fourth-order valence-electron chi connectivity index (χ4n) is 2.09. The van der Waals surface area contributed by atoms with E-state index in [0.29, 0.717) is 12.8 Å². The van der Waals surface area contributed by atoms with Crippen molar-refractivity contribution < 1.29 is 18.3 Å². The van der Waals surface area contributed by atoms with E-state index in [2.05, 4.69) is 5.32 Å². The fourth-order valence-corrected chi connectivity index (χ4v) is 3.35. The molecule has 1 aliphatic carbocycles. The summed E-state index contributed by atoms with van der Waals surface area (Å²) in [4.78, 5) is 11.8. The Morgan fingerprint density at radius 2 is 1.90 bits per heavy atom. The smallest absolute Gasteiger partial charge is 0.221 e. The summed E-state index contributed by atoms with van der Waals surface area (Å²) in [6.07, 6.45) is 2.26. The zero-order chi connectivity index (χ0) is 14.6. The van der Waals surface area contributed by atoms with Crippen LogP contribution in [0.3, 0.4) is 0 Å². The number of benzene rings is 1. The molecule has 0 radical (unpaired) electrons. The van der Waals surface area contributed by atoms with Crippen molar-refractivity contribution in [3.8, 4) is 0 Å². The second-order valence-electron chi connectivity index (χ2n) is 5.24. The first-order chi connectivity index (χ1) is 9.41. The quantitative estimate of drug-likeness (QED) is 0.816. The van der Waals surface area contributed by atoms with E-state index < -0.39 is 15.4 Å². The highest BCUT2D eigenvalue weighted by Gasteiger charge is 2.34. The van der Waals surface area contributed by atoms with Crippen molar-refractivity contribution >= 4 is 15.7 Å². The molecule has 0 aromatic heterocycles. The number of amides is 1.